The Bertz CT molecular complexity index is 142. The third kappa shape index (κ3) is 6.21. The fraction of sp³-hybridized carbons (Fsp3) is 0.583. The average Bonchev–Trinajstić information content (AvgIpc) is 2.01. The zero-order valence-electron chi connectivity index (χ0n) is 8.47. The second kappa shape index (κ2) is 7.15. The van der Waals surface area contributed by atoms with Gasteiger partial charge in [-0.25, -0.2) is 0 Å². The molecule has 0 heterocycles. The van der Waals surface area contributed by atoms with Crippen molar-refractivity contribution >= 4 is 0 Å². The quantitative estimate of drug-likeness (QED) is 0.519. The summed E-state index contributed by atoms with van der Waals surface area (Å²) in [7, 11) is 0. The van der Waals surface area contributed by atoms with Crippen LogP contribution in [0.15, 0.2) is 24.3 Å². The molecule has 0 aromatic carbocycles. The van der Waals surface area contributed by atoms with Crippen LogP contribution in [0.4, 0.5) is 0 Å². The lowest BCUT2D eigenvalue weighted by Crippen LogP contribution is -1.94. The summed E-state index contributed by atoms with van der Waals surface area (Å²) in [4.78, 5) is 0. The van der Waals surface area contributed by atoms with Crippen LogP contribution < -0.4 is 0 Å². The van der Waals surface area contributed by atoms with Crippen LogP contribution in [-0.2, 0) is 0 Å². The van der Waals surface area contributed by atoms with Crippen LogP contribution in [0.1, 0.15) is 39.5 Å². The average molecular weight is 165 g/mol. The van der Waals surface area contributed by atoms with Gasteiger partial charge in [-0.1, -0.05) is 24.6 Å². The lowest BCUT2D eigenvalue weighted by molar-refractivity contribution is 0.533. The van der Waals surface area contributed by atoms with E-state index in [0.29, 0.717) is 0 Å². The molecule has 0 N–H and O–H groups in total. The minimum atomic E-state index is 0.783. The summed E-state index contributed by atoms with van der Waals surface area (Å²) in [6.45, 7) is 12.0. The molecule has 0 spiro atoms. The Labute approximate surface area is 77.4 Å². The Balaban J connectivity index is 3.60. The maximum absolute atomic E-state index is 3.80. The van der Waals surface area contributed by atoms with Crippen molar-refractivity contribution in [3.05, 3.63) is 31.2 Å². The molecule has 69 valence electrons. The van der Waals surface area contributed by atoms with Gasteiger partial charge in [-0.2, -0.15) is 0 Å². The van der Waals surface area contributed by atoms with E-state index >= 15 is 0 Å². The molecule has 1 unspecified atom stereocenters. The molecule has 0 nitrogen and oxygen atoms in total. The highest BCUT2D eigenvalue weighted by Crippen LogP contribution is 2.16. The zero-order chi connectivity index (χ0) is 9.40. The van der Waals surface area contributed by atoms with Gasteiger partial charge in [0.05, 0.1) is 0 Å². The molecule has 0 rings (SSSR count). The first-order valence-corrected chi connectivity index (χ1v) is 4.76. The van der Waals surface area contributed by atoms with Crippen molar-refractivity contribution in [2.45, 2.75) is 39.5 Å². The Hall–Kier alpha value is -0.520. The van der Waals surface area contributed by atoms with Gasteiger partial charge in [-0.3, -0.25) is 0 Å². The molecule has 0 aliphatic heterocycles. The van der Waals surface area contributed by atoms with Crippen LogP contribution in [0.3, 0.4) is 0 Å². The minimum absolute atomic E-state index is 0.783. The monoisotopic (exact) mass is 165 g/mol. The molecular formula is C12H21. The predicted molar refractivity (Wildman–Crippen MR) is 56.9 cm³/mol. The minimum Gasteiger partial charge on any atom is -0.103 e. The van der Waals surface area contributed by atoms with Crippen molar-refractivity contribution in [3.63, 3.8) is 0 Å². The SMILES string of the molecule is [CH2]CC=C(C)CC(C)CCC=C. The summed E-state index contributed by atoms with van der Waals surface area (Å²) in [6.07, 6.45) is 8.73. The molecule has 0 amide bonds. The first-order chi connectivity index (χ1) is 5.70. The van der Waals surface area contributed by atoms with Crippen molar-refractivity contribution in [2.75, 3.05) is 0 Å². The molecular weight excluding hydrogens is 144 g/mol. The highest BCUT2D eigenvalue weighted by molar-refractivity contribution is 4.99. The normalized spacial score (nSPS) is 14.4. The van der Waals surface area contributed by atoms with E-state index in [1.807, 2.05) is 6.08 Å². The third-order valence-corrected chi connectivity index (χ3v) is 2.03. The van der Waals surface area contributed by atoms with Crippen molar-refractivity contribution < 1.29 is 0 Å². The number of rotatable bonds is 6. The fourth-order valence-corrected chi connectivity index (χ4v) is 1.38. The van der Waals surface area contributed by atoms with Gasteiger partial charge in [-0.05, 0) is 45.4 Å². The van der Waals surface area contributed by atoms with Crippen molar-refractivity contribution in [3.8, 4) is 0 Å². The summed E-state index contributed by atoms with van der Waals surface area (Å²) in [5.74, 6) is 0.783. The number of hydrogen-bond donors (Lipinski definition) is 0. The van der Waals surface area contributed by atoms with E-state index in [1.165, 1.54) is 18.4 Å². The molecule has 0 aliphatic rings. The highest BCUT2D eigenvalue weighted by atomic mass is 14.1. The Morgan fingerprint density at radius 3 is 2.67 bits per heavy atom. The molecule has 0 aromatic rings. The molecule has 0 saturated carbocycles. The maximum Gasteiger partial charge on any atom is -0.0297 e. The molecule has 0 fully saturated rings. The van der Waals surface area contributed by atoms with Crippen LogP contribution in [-0.4, -0.2) is 0 Å². The molecule has 1 atom stereocenters. The fourth-order valence-electron chi connectivity index (χ4n) is 1.38. The summed E-state index contributed by atoms with van der Waals surface area (Å²) in [6, 6.07) is 0. The van der Waals surface area contributed by atoms with Crippen LogP contribution in [0.25, 0.3) is 0 Å². The van der Waals surface area contributed by atoms with Crippen LogP contribution in [0.2, 0.25) is 0 Å². The second-order valence-corrected chi connectivity index (χ2v) is 3.51. The van der Waals surface area contributed by atoms with Gasteiger partial charge in [0.1, 0.15) is 0 Å². The molecule has 0 aromatic heterocycles. The lowest BCUT2D eigenvalue weighted by atomic mass is 9.97. The third-order valence-electron chi connectivity index (χ3n) is 2.03. The van der Waals surface area contributed by atoms with E-state index in [9.17, 15) is 0 Å². The van der Waals surface area contributed by atoms with Gasteiger partial charge in [-0.15, -0.1) is 6.58 Å². The summed E-state index contributed by atoms with van der Waals surface area (Å²) in [5, 5.41) is 0. The van der Waals surface area contributed by atoms with E-state index in [-0.39, 0.29) is 0 Å². The largest absolute Gasteiger partial charge is 0.103 e. The molecule has 0 bridgehead atoms. The summed E-state index contributed by atoms with van der Waals surface area (Å²) in [5.41, 5.74) is 1.47. The van der Waals surface area contributed by atoms with Gasteiger partial charge in [0, 0.05) is 0 Å². The topological polar surface area (TPSA) is 0 Å². The maximum atomic E-state index is 3.80. The number of allylic oxidation sites excluding steroid dienone is 3. The Morgan fingerprint density at radius 2 is 2.17 bits per heavy atom. The van der Waals surface area contributed by atoms with E-state index in [1.54, 1.807) is 0 Å². The first-order valence-electron chi connectivity index (χ1n) is 4.76. The van der Waals surface area contributed by atoms with Crippen LogP contribution in [0, 0.1) is 12.8 Å². The van der Waals surface area contributed by atoms with Gasteiger partial charge in [0.25, 0.3) is 0 Å². The Morgan fingerprint density at radius 1 is 1.50 bits per heavy atom. The smallest absolute Gasteiger partial charge is 0.0297 e. The van der Waals surface area contributed by atoms with Crippen molar-refractivity contribution in [2.24, 2.45) is 5.92 Å². The predicted octanol–water partition coefficient (Wildman–Crippen LogP) is 4.15. The second-order valence-electron chi connectivity index (χ2n) is 3.51. The van der Waals surface area contributed by atoms with Gasteiger partial charge in [0.2, 0.25) is 0 Å². The lowest BCUT2D eigenvalue weighted by Gasteiger charge is -2.09. The molecule has 0 aliphatic carbocycles. The first kappa shape index (κ1) is 11.5. The van der Waals surface area contributed by atoms with E-state index in [2.05, 4.69) is 33.4 Å². The van der Waals surface area contributed by atoms with Gasteiger partial charge < -0.3 is 0 Å². The summed E-state index contributed by atoms with van der Waals surface area (Å²) < 4.78 is 0. The Kier molecular flexibility index (Phi) is 6.84. The number of hydrogen-bond acceptors (Lipinski definition) is 0. The van der Waals surface area contributed by atoms with E-state index in [4.69, 9.17) is 0 Å². The zero-order valence-corrected chi connectivity index (χ0v) is 8.47. The van der Waals surface area contributed by atoms with Gasteiger partial charge >= 0.3 is 0 Å². The molecule has 1 radical (unpaired) electrons. The van der Waals surface area contributed by atoms with E-state index < -0.39 is 0 Å². The van der Waals surface area contributed by atoms with Crippen molar-refractivity contribution in [1.82, 2.24) is 0 Å². The van der Waals surface area contributed by atoms with Crippen molar-refractivity contribution in [1.29, 1.82) is 0 Å². The molecule has 0 heteroatoms. The van der Waals surface area contributed by atoms with E-state index in [0.717, 1.165) is 18.8 Å². The molecule has 0 saturated heterocycles. The van der Waals surface area contributed by atoms with Gasteiger partial charge in [0.15, 0.2) is 0 Å². The highest BCUT2D eigenvalue weighted by Gasteiger charge is 2.00. The van der Waals surface area contributed by atoms with Crippen LogP contribution >= 0.6 is 0 Å². The summed E-state index contributed by atoms with van der Waals surface area (Å²) >= 11 is 0. The van der Waals surface area contributed by atoms with Crippen LogP contribution in [0.5, 0.6) is 0 Å². The molecule has 12 heavy (non-hydrogen) atoms. The standard InChI is InChI=1S/C12H21/c1-5-7-9-12(4)10-11(3)8-6-2/h5,8,12H,1-2,6-7,9-10H2,3-4H3.